The zero-order chi connectivity index (χ0) is 18.9. The van der Waals surface area contributed by atoms with Gasteiger partial charge < -0.3 is 0 Å². The van der Waals surface area contributed by atoms with Crippen molar-refractivity contribution >= 4 is 27.3 Å². The van der Waals surface area contributed by atoms with Gasteiger partial charge in [-0.1, -0.05) is 54.1 Å². The standard InChI is InChI=1S/C20H16ClN3O2S/c21-17-10-8-16(9-11-17)20-19(15-5-2-1-3-6-15)14-24(23-20)27(25,26)18-7-4-12-22-13-18/h1-13,19H,14H2. The highest BCUT2D eigenvalue weighted by Gasteiger charge is 2.36. The van der Waals surface area contributed by atoms with Crippen molar-refractivity contribution in [2.45, 2.75) is 10.8 Å². The number of nitrogens with zero attached hydrogens (tertiary/aromatic N) is 3. The van der Waals surface area contributed by atoms with Gasteiger partial charge in [-0.15, -0.1) is 0 Å². The predicted molar refractivity (Wildman–Crippen MR) is 105 cm³/mol. The number of aromatic nitrogens is 1. The summed E-state index contributed by atoms with van der Waals surface area (Å²) in [5.41, 5.74) is 2.55. The van der Waals surface area contributed by atoms with Gasteiger partial charge in [0.15, 0.2) is 0 Å². The molecule has 7 heteroatoms. The van der Waals surface area contributed by atoms with Crippen LogP contribution in [0.3, 0.4) is 0 Å². The van der Waals surface area contributed by atoms with Gasteiger partial charge in [0.2, 0.25) is 0 Å². The van der Waals surface area contributed by atoms with Gasteiger partial charge in [0.05, 0.1) is 12.3 Å². The molecule has 1 aliphatic heterocycles. The quantitative estimate of drug-likeness (QED) is 0.670. The van der Waals surface area contributed by atoms with Crippen LogP contribution in [-0.2, 0) is 10.0 Å². The largest absolute Gasteiger partial charge is 0.280 e. The van der Waals surface area contributed by atoms with Crippen LogP contribution in [-0.4, -0.2) is 30.1 Å². The maximum absolute atomic E-state index is 13.0. The summed E-state index contributed by atoms with van der Waals surface area (Å²) in [5, 5.41) is 5.10. The van der Waals surface area contributed by atoms with Crippen molar-refractivity contribution in [3.8, 4) is 0 Å². The average molecular weight is 398 g/mol. The van der Waals surface area contributed by atoms with Crippen LogP contribution in [0, 0.1) is 0 Å². The molecule has 27 heavy (non-hydrogen) atoms. The fraction of sp³-hybridized carbons (Fsp3) is 0.100. The number of halogens is 1. The SMILES string of the molecule is O=S(=O)(c1cccnc1)N1CC(c2ccccc2)C(c2ccc(Cl)cc2)=N1. The van der Waals surface area contributed by atoms with Crippen LogP contribution in [0.15, 0.2) is 89.1 Å². The molecule has 0 fully saturated rings. The number of rotatable bonds is 4. The lowest BCUT2D eigenvalue weighted by atomic mass is 9.91. The lowest BCUT2D eigenvalue weighted by molar-refractivity contribution is 0.451. The van der Waals surface area contributed by atoms with Gasteiger partial charge in [0.1, 0.15) is 4.90 Å². The first-order chi connectivity index (χ1) is 13.1. The summed E-state index contributed by atoms with van der Waals surface area (Å²) in [6.45, 7) is 0.235. The Morgan fingerprint density at radius 2 is 1.70 bits per heavy atom. The third-order valence-electron chi connectivity index (χ3n) is 4.44. The highest BCUT2D eigenvalue weighted by molar-refractivity contribution is 7.89. The van der Waals surface area contributed by atoms with Crippen molar-refractivity contribution in [2.24, 2.45) is 5.10 Å². The zero-order valence-corrected chi connectivity index (χ0v) is 15.8. The van der Waals surface area contributed by atoms with E-state index in [1.807, 2.05) is 42.5 Å². The Morgan fingerprint density at radius 3 is 2.37 bits per heavy atom. The molecule has 0 N–H and O–H groups in total. The van der Waals surface area contributed by atoms with E-state index in [2.05, 4.69) is 10.1 Å². The predicted octanol–water partition coefficient (Wildman–Crippen LogP) is 3.93. The van der Waals surface area contributed by atoms with Gasteiger partial charge >= 0.3 is 0 Å². The third-order valence-corrected chi connectivity index (χ3v) is 6.31. The minimum Gasteiger partial charge on any atom is -0.263 e. The van der Waals surface area contributed by atoms with Crippen LogP contribution in [0.5, 0.6) is 0 Å². The number of hydrogen-bond donors (Lipinski definition) is 0. The molecule has 2 heterocycles. The summed E-state index contributed by atoms with van der Waals surface area (Å²) in [6, 6.07) is 20.2. The average Bonchev–Trinajstić information content (AvgIpc) is 3.16. The maximum Gasteiger partial charge on any atom is 0.280 e. The smallest absolute Gasteiger partial charge is 0.263 e. The molecule has 0 aliphatic carbocycles. The van der Waals surface area contributed by atoms with Gasteiger partial charge in [-0.2, -0.15) is 17.9 Å². The first kappa shape index (κ1) is 17.7. The molecule has 1 aromatic heterocycles. The lowest BCUT2D eigenvalue weighted by Crippen LogP contribution is -2.26. The van der Waals surface area contributed by atoms with E-state index in [-0.39, 0.29) is 17.4 Å². The highest BCUT2D eigenvalue weighted by Crippen LogP contribution is 2.32. The van der Waals surface area contributed by atoms with Crippen molar-refractivity contribution in [2.75, 3.05) is 6.54 Å². The Hall–Kier alpha value is -2.70. The molecule has 5 nitrogen and oxygen atoms in total. The zero-order valence-electron chi connectivity index (χ0n) is 14.2. The Bertz CT molecular complexity index is 1070. The number of pyridine rings is 1. The Balaban J connectivity index is 1.78. The van der Waals surface area contributed by atoms with Crippen molar-refractivity contribution in [1.82, 2.24) is 9.40 Å². The second-order valence-corrected chi connectivity index (χ2v) is 8.43. The van der Waals surface area contributed by atoms with E-state index in [4.69, 9.17) is 11.6 Å². The van der Waals surface area contributed by atoms with Crippen LogP contribution in [0.2, 0.25) is 5.02 Å². The van der Waals surface area contributed by atoms with Gasteiger partial charge in [0, 0.05) is 23.3 Å². The fourth-order valence-electron chi connectivity index (χ4n) is 3.07. The number of sulfonamides is 1. The van der Waals surface area contributed by atoms with E-state index in [0.717, 1.165) is 15.5 Å². The van der Waals surface area contributed by atoms with Crippen LogP contribution in [0.25, 0.3) is 0 Å². The molecule has 1 unspecified atom stereocenters. The van der Waals surface area contributed by atoms with Gasteiger partial charge in [-0.25, -0.2) is 0 Å². The summed E-state index contributed by atoms with van der Waals surface area (Å²) < 4.78 is 27.2. The molecular formula is C20H16ClN3O2S. The van der Waals surface area contributed by atoms with Gasteiger partial charge in [-0.05, 0) is 35.4 Å². The molecule has 1 atom stereocenters. The molecule has 3 aromatic rings. The molecule has 0 saturated carbocycles. The topological polar surface area (TPSA) is 62.6 Å². The van der Waals surface area contributed by atoms with E-state index in [1.54, 1.807) is 18.2 Å². The van der Waals surface area contributed by atoms with Crippen molar-refractivity contribution < 1.29 is 8.42 Å². The summed E-state index contributed by atoms with van der Waals surface area (Å²) in [4.78, 5) is 4.04. The van der Waals surface area contributed by atoms with Crippen molar-refractivity contribution in [3.05, 3.63) is 95.3 Å². The monoisotopic (exact) mass is 397 g/mol. The minimum atomic E-state index is -3.77. The Kier molecular flexibility index (Phi) is 4.68. The Labute approximate surface area is 163 Å². The third kappa shape index (κ3) is 3.46. The molecule has 0 spiro atoms. The normalized spacial score (nSPS) is 17.0. The van der Waals surface area contributed by atoms with Crippen LogP contribution in [0.4, 0.5) is 0 Å². The van der Waals surface area contributed by atoms with Gasteiger partial charge in [-0.3, -0.25) is 4.98 Å². The second kappa shape index (κ2) is 7.13. The Morgan fingerprint density at radius 1 is 0.963 bits per heavy atom. The molecule has 0 saturated heterocycles. The second-order valence-electron chi connectivity index (χ2n) is 6.15. The molecule has 2 aromatic carbocycles. The number of benzene rings is 2. The first-order valence-electron chi connectivity index (χ1n) is 8.38. The molecule has 0 radical (unpaired) electrons. The summed E-state index contributed by atoms with van der Waals surface area (Å²) in [5.74, 6) is -0.168. The number of hydrogen-bond acceptors (Lipinski definition) is 4. The molecule has 1 aliphatic rings. The van der Waals surface area contributed by atoms with E-state index in [1.165, 1.54) is 18.5 Å². The molecule has 4 rings (SSSR count). The van der Waals surface area contributed by atoms with Crippen LogP contribution < -0.4 is 0 Å². The molecule has 0 bridgehead atoms. The highest BCUT2D eigenvalue weighted by atomic mass is 35.5. The van der Waals surface area contributed by atoms with E-state index in [9.17, 15) is 8.42 Å². The fourth-order valence-corrected chi connectivity index (χ4v) is 4.43. The molecule has 136 valence electrons. The van der Waals surface area contributed by atoms with Crippen LogP contribution >= 0.6 is 11.6 Å². The van der Waals surface area contributed by atoms with E-state index >= 15 is 0 Å². The first-order valence-corrected chi connectivity index (χ1v) is 10.2. The maximum atomic E-state index is 13.0. The van der Waals surface area contributed by atoms with Crippen molar-refractivity contribution in [1.29, 1.82) is 0 Å². The van der Waals surface area contributed by atoms with Crippen molar-refractivity contribution in [3.63, 3.8) is 0 Å². The summed E-state index contributed by atoms with van der Waals surface area (Å²) in [7, 11) is -3.77. The molecular weight excluding hydrogens is 382 g/mol. The summed E-state index contributed by atoms with van der Waals surface area (Å²) in [6.07, 6.45) is 2.88. The minimum absolute atomic E-state index is 0.123. The molecule has 0 amide bonds. The van der Waals surface area contributed by atoms with E-state index in [0.29, 0.717) is 10.7 Å². The van der Waals surface area contributed by atoms with E-state index < -0.39 is 10.0 Å². The lowest BCUT2D eigenvalue weighted by Gasteiger charge is -2.16. The number of hydrazone groups is 1. The summed E-state index contributed by atoms with van der Waals surface area (Å²) >= 11 is 6.00. The van der Waals surface area contributed by atoms with Gasteiger partial charge in [0.25, 0.3) is 10.0 Å². The van der Waals surface area contributed by atoms with Crippen LogP contribution in [0.1, 0.15) is 17.0 Å².